The van der Waals surface area contributed by atoms with Gasteiger partial charge in [0.25, 0.3) is 0 Å². The standard InChI is InChI=1S/C41H25N3S/c1-6-17-34-27(11-1)28-12-2-7-18-35(28)44(34)40-22-9-15-32(42-40)26-23-24-36-31(25-26)29-13-3-5-16-33(29)43(36)37-19-10-21-39-41(37)30-14-4-8-20-38(30)45-39/h1-25H. The molecule has 3 nitrogen and oxygen atoms in total. The van der Waals surface area contributed by atoms with Crippen molar-refractivity contribution in [1.29, 1.82) is 0 Å². The number of rotatable bonds is 3. The van der Waals surface area contributed by atoms with E-state index in [1.165, 1.54) is 58.4 Å². The first-order valence-electron chi connectivity index (χ1n) is 15.2. The highest BCUT2D eigenvalue weighted by molar-refractivity contribution is 7.25. The molecule has 0 aliphatic rings. The SMILES string of the molecule is c1cc(-c2ccc3c(c2)c2ccccc2n3-c2cccc3sc4ccccc4c23)nc(-n2c3ccccc3c3ccccc32)c1. The van der Waals surface area contributed by atoms with Crippen LogP contribution in [0, 0.1) is 0 Å². The average Bonchev–Trinajstić information content (AvgIpc) is 3.76. The molecule has 45 heavy (non-hydrogen) atoms. The summed E-state index contributed by atoms with van der Waals surface area (Å²) in [5, 5.41) is 7.56. The molecule has 0 atom stereocenters. The quantitative estimate of drug-likeness (QED) is 0.200. The molecule has 4 aromatic heterocycles. The van der Waals surface area contributed by atoms with E-state index in [2.05, 4.69) is 161 Å². The van der Waals surface area contributed by atoms with Gasteiger partial charge in [0.05, 0.1) is 33.4 Å². The zero-order chi connectivity index (χ0) is 29.5. The summed E-state index contributed by atoms with van der Waals surface area (Å²) in [6.45, 7) is 0. The van der Waals surface area contributed by atoms with Gasteiger partial charge in [-0.3, -0.25) is 4.57 Å². The number of thiophene rings is 1. The van der Waals surface area contributed by atoms with Crippen LogP contribution >= 0.6 is 11.3 Å². The Labute approximate surface area is 262 Å². The second-order valence-electron chi connectivity index (χ2n) is 11.6. The number of para-hydroxylation sites is 3. The van der Waals surface area contributed by atoms with Crippen molar-refractivity contribution in [2.24, 2.45) is 0 Å². The van der Waals surface area contributed by atoms with Crippen molar-refractivity contribution < 1.29 is 0 Å². The zero-order valence-corrected chi connectivity index (χ0v) is 25.0. The highest BCUT2D eigenvalue weighted by Crippen LogP contribution is 2.41. The summed E-state index contributed by atoms with van der Waals surface area (Å²) in [5.74, 6) is 0.920. The lowest BCUT2D eigenvalue weighted by Gasteiger charge is -2.11. The van der Waals surface area contributed by atoms with Crippen molar-refractivity contribution in [2.75, 3.05) is 0 Å². The van der Waals surface area contributed by atoms with Gasteiger partial charge in [-0.1, -0.05) is 91.0 Å². The topological polar surface area (TPSA) is 22.8 Å². The van der Waals surface area contributed by atoms with Crippen molar-refractivity contribution in [2.45, 2.75) is 0 Å². The molecule has 0 aliphatic heterocycles. The molecule has 6 aromatic carbocycles. The molecule has 0 saturated carbocycles. The zero-order valence-electron chi connectivity index (χ0n) is 24.2. The van der Waals surface area contributed by atoms with Crippen molar-refractivity contribution in [3.8, 4) is 22.8 Å². The summed E-state index contributed by atoms with van der Waals surface area (Å²) < 4.78 is 7.35. The number of hydrogen-bond donors (Lipinski definition) is 0. The van der Waals surface area contributed by atoms with Gasteiger partial charge in [-0.25, -0.2) is 4.98 Å². The fourth-order valence-corrected chi connectivity index (χ4v) is 8.34. The monoisotopic (exact) mass is 591 g/mol. The molecule has 4 heteroatoms. The van der Waals surface area contributed by atoms with Gasteiger partial charge in [-0.05, 0) is 60.7 Å². The van der Waals surface area contributed by atoms with Gasteiger partial charge in [-0.15, -0.1) is 11.3 Å². The van der Waals surface area contributed by atoms with Crippen molar-refractivity contribution in [3.05, 3.63) is 152 Å². The van der Waals surface area contributed by atoms with Crippen LogP contribution in [-0.2, 0) is 0 Å². The number of nitrogens with zero attached hydrogens (tertiary/aromatic N) is 3. The van der Waals surface area contributed by atoms with Crippen LogP contribution in [-0.4, -0.2) is 14.1 Å². The van der Waals surface area contributed by atoms with Crippen LogP contribution in [0.5, 0.6) is 0 Å². The van der Waals surface area contributed by atoms with E-state index in [9.17, 15) is 0 Å². The van der Waals surface area contributed by atoms with Crippen LogP contribution in [0.1, 0.15) is 0 Å². The largest absolute Gasteiger partial charge is 0.309 e. The summed E-state index contributed by atoms with van der Waals surface area (Å²) in [5.41, 5.74) is 8.01. The Morgan fingerprint density at radius 3 is 1.76 bits per heavy atom. The normalized spacial score (nSPS) is 12.0. The molecule has 0 saturated heterocycles. The number of fused-ring (bicyclic) bond motifs is 9. The van der Waals surface area contributed by atoms with Crippen molar-refractivity contribution in [1.82, 2.24) is 14.1 Å². The first-order chi connectivity index (χ1) is 22.3. The van der Waals surface area contributed by atoms with Gasteiger partial charge < -0.3 is 4.57 Å². The minimum absolute atomic E-state index is 0.920. The first-order valence-corrected chi connectivity index (χ1v) is 16.0. The Bertz CT molecular complexity index is 2720. The summed E-state index contributed by atoms with van der Waals surface area (Å²) in [6.07, 6.45) is 0. The molecular weight excluding hydrogens is 567 g/mol. The van der Waals surface area contributed by atoms with Gasteiger partial charge >= 0.3 is 0 Å². The Hall–Kier alpha value is -5.71. The predicted molar refractivity (Wildman–Crippen MR) is 191 cm³/mol. The minimum Gasteiger partial charge on any atom is -0.309 e. The van der Waals surface area contributed by atoms with Crippen molar-refractivity contribution >= 4 is 75.1 Å². The van der Waals surface area contributed by atoms with E-state index < -0.39 is 0 Å². The van der Waals surface area contributed by atoms with Crippen LogP contribution in [0.15, 0.2) is 152 Å². The third kappa shape index (κ3) is 3.54. The maximum atomic E-state index is 5.26. The summed E-state index contributed by atoms with van der Waals surface area (Å²) in [4.78, 5) is 5.26. The number of pyridine rings is 1. The molecule has 0 spiro atoms. The van der Waals surface area contributed by atoms with E-state index in [-0.39, 0.29) is 0 Å². The van der Waals surface area contributed by atoms with Gasteiger partial charge in [-0.2, -0.15) is 0 Å². The highest BCUT2D eigenvalue weighted by atomic mass is 32.1. The van der Waals surface area contributed by atoms with Gasteiger partial charge in [0.1, 0.15) is 5.82 Å². The molecule has 0 N–H and O–H groups in total. The Morgan fingerprint density at radius 2 is 1.00 bits per heavy atom. The number of hydrogen-bond acceptors (Lipinski definition) is 2. The van der Waals surface area contributed by atoms with Gasteiger partial charge in [0.15, 0.2) is 0 Å². The Balaban J connectivity index is 1.19. The maximum absolute atomic E-state index is 5.26. The molecule has 210 valence electrons. The van der Waals surface area contributed by atoms with E-state index >= 15 is 0 Å². The summed E-state index contributed by atoms with van der Waals surface area (Å²) >= 11 is 1.86. The molecule has 0 fully saturated rings. The van der Waals surface area contributed by atoms with Crippen LogP contribution in [0.25, 0.3) is 86.5 Å². The Kier molecular flexibility index (Phi) is 5.16. The Morgan fingerprint density at radius 1 is 0.422 bits per heavy atom. The third-order valence-corrected chi connectivity index (χ3v) is 10.3. The number of benzene rings is 6. The first kappa shape index (κ1) is 24.7. The second kappa shape index (κ2) is 9.39. The lowest BCUT2D eigenvalue weighted by atomic mass is 10.1. The predicted octanol–water partition coefficient (Wildman–Crippen LogP) is 11.3. The molecule has 0 amide bonds. The smallest absolute Gasteiger partial charge is 0.138 e. The van der Waals surface area contributed by atoms with Gasteiger partial charge in [0.2, 0.25) is 0 Å². The molecule has 0 unspecified atom stereocenters. The molecule has 0 radical (unpaired) electrons. The van der Waals surface area contributed by atoms with Crippen molar-refractivity contribution in [3.63, 3.8) is 0 Å². The molecule has 10 rings (SSSR count). The van der Waals surface area contributed by atoms with E-state index in [4.69, 9.17) is 4.98 Å². The van der Waals surface area contributed by atoms with Crippen LogP contribution in [0.4, 0.5) is 0 Å². The minimum atomic E-state index is 0.920. The average molecular weight is 592 g/mol. The fraction of sp³-hybridized carbons (Fsp3) is 0. The lowest BCUT2D eigenvalue weighted by molar-refractivity contribution is 1.08. The van der Waals surface area contributed by atoms with Crippen LogP contribution < -0.4 is 0 Å². The van der Waals surface area contributed by atoms with Gasteiger partial charge in [0, 0.05) is 47.3 Å². The molecule has 4 heterocycles. The third-order valence-electron chi connectivity index (χ3n) is 9.13. The fourth-order valence-electron chi connectivity index (χ4n) is 7.21. The van der Waals surface area contributed by atoms with Crippen LogP contribution in [0.3, 0.4) is 0 Å². The molecule has 0 aliphatic carbocycles. The lowest BCUT2D eigenvalue weighted by Crippen LogP contribution is -1.98. The van der Waals surface area contributed by atoms with E-state index in [1.807, 2.05) is 11.3 Å². The maximum Gasteiger partial charge on any atom is 0.138 e. The van der Waals surface area contributed by atoms with Crippen LogP contribution in [0.2, 0.25) is 0 Å². The molecular formula is C41H25N3S. The molecule has 10 aromatic rings. The van der Waals surface area contributed by atoms with E-state index in [1.54, 1.807) is 0 Å². The molecule has 0 bridgehead atoms. The number of aromatic nitrogens is 3. The van der Waals surface area contributed by atoms with E-state index in [0.717, 1.165) is 28.1 Å². The summed E-state index contributed by atoms with van der Waals surface area (Å²) in [7, 11) is 0. The van der Waals surface area contributed by atoms with E-state index in [0.29, 0.717) is 0 Å². The summed E-state index contributed by atoms with van der Waals surface area (Å²) in [6, 6.07) is 54.5. The highest BCUT2D eigenvalue weighted by Gasteiger charge is 2.18. The second-order valence-corrected chi connectivity index (χ2v) is 12.7.